The molecule has 0 bridgehead atoms. The molecule has 0 aliphatic heterocycles. The van der Waals surface area contributed by atoms with E-state index < -0.39 is 11.8 Å². The Hall–Kier alpha value is -6.56. The van der Waals surface area contributed by atoms with E-state index in [-0.39, 0.29) is 23.2 Å². The maximum absolute atomic E-state index is 12.9. The number of rotatable bonds is 10. The van der Waals surface area contributed by atoms with E-state index in [9.17, 15) is 19.2 Å². The van der Waals surface area contributed by atoms with E-state index in [2.05, 4.69) is 21.3 Å². The summed E-state index contributed by atoms with van der Waals surface area (Å²) < 4.78 is 3.87. The predicted molar refractivity (Wildman–Crippen MR) is 185 cm³/mol. The number of pyridine rings is 2. The number of nitrogen functional groups attached to an aromatic ring is 2. The van der Waals surface area contributed by atoms with Crippen molar-refractivity contribution >= 4 is 57.8 Å². The molecule has 0 aliphatic carbocycles. The van der Waals surface area contributed by atoms with Gasteiger partial charge in [0.1, 0.15) is 24.5 Å². The summed E-state index contributed by atoms with van der Waals surface area (Å²) in [5.41, 5.74) is 16.0. The number of benzene rings is 3. The zero-order valence-corrected chi connectivity index (χ0v) is 26.5. The van der Waals surface area contributed by atoms with Gasteiger partial charge >= 0.3 is 0 Å². The first-order valence-corrected chi connectivity index (χ1v) is 15.3. The van der Waals surface area contributed by atoms with Crippen molar-refractivity contribution in [3.63, 3.8) is 0 Å². The molecule has 4 amide bonds. The Morgan fingerprint density at radius 3 is 1.23 bits per heavy atom. The van der Waals surface area contributed by atoms with Crippen molar-refractivity contribution in [3.05, 3.63) is 132 Å². The molecule has 0 saturated heterocycles. The second-order valence-corrected chi connectivity index (χ2v) is 10.8. The molecule has 0 radical (unpaired) electrons. The zero-order valence-electron chi connectivity index (χ0n) is 26.5. The molecular weight excluding hydrogens is 608 g/mol. The van der Waals surface area contributed by atoms with Crippen LogP contribution in [0, 0.1) is 0 Å². The van der Waals surface area contributed by atoms with Crippen LogP contribution in [0.3, 0.4) is 0 Å². The largest absolute Gasteiger partial charge is 0.397 e. The van der Waals surface area contributed by atoms with Crippen molar-refractivity contribution in [1.82, 2.24) is 0 Å². The lowest BCUT2D eigenvalue weighted by atomic mass is 10.1. The van der Waals surface area contributed by atoms with Gasteiger partial charge in [0.05, 0.1) is 22.7 Å². The topological polar surface area (TPSA) is 176 Å². The summed E-state index contributed by atoms with van der Waals surface area (Å²) in [7, 11) is 0. The fourth-order valence-corrected chi connectivity index (χ4v) is 4.79. The van der Waals surface area contributed by atoms with Crippen molar-refractivity contribution in [2.45, 2.75) is 26.9 Å². The van der Waals surface area contributed by atoms with Crippen LogP contribution in [-0.4, -0.2) is 23.6 Å². The number of amides is 4. The summed E-state index contributed by atoms with van der Waals surface area (Å²) in [6.07, 6.45) is 7.46. The molecule has 12 heteroatoms. The molecule has 0 spiro atoms. The van der Waals surface area contributed by atoms with E-state index in [0.29, 0.717) is 45.0 Å². The second-order valence-electron chi connectivity index (χ2n) is 10.8. The predicted octanol–water partition coefficient (Wildman–Crippen LogP) is 4.48. The van der Waals surface area contributed by atoms with Gasteiger partial charge in [-0.15, -0.1) is 0 Å². The SMILES string of the molecule is CC[n+]1cccc(NC(=O)c2ccc(NC(=O)c3ccc(C(=O)Nc4ccc(C(=O)Nc5ccc[n+](CC)c5)cc4N)cc3)c(N)c2)c1. The Morgan fingerprint density at radius 2 is 0.875 bits per heavy atom. The maximum Gasteiger partial charge on any atom is 0.255 e. The smallest absolute Gasteiger partial charge is 0.255 e. The van der Waals surface area contributed by atoms with Gasteiger partial charge in [-0.2, -0.15) is 0 Å². The van der Waals surface area contributed by atoms with Crippen molar-refractivity contribution in [3.8, 4) is 0 Å². The van der Waals surface area contributed by atoms with E-state index in [4.69, 9.17) is 11.5 Å². The summed E-state index contributed by atoms with van der Waals surface area (Å²) in [5.74, 6) is -1.56. The molecule has 12 nitrogen and oxygen atoms in total. The molecule has 8 N–H and O–H groups in total. The highest BCUT2D eigenvalue weighted by Gasteiger charge is 2.16. The number of hydrogen-bond donors (Lipinski definition) is 6. The lowest BCUT2D eigenvalue weighted by Crippen LogP contribution is -2.31. The highest BCUT2D eigenvalue weighted by Crippen LogP contribution is 2.23. The molecule has 3 aromatic carbocycles. The van der Waals surface area contributed by atoms with E-state index in [1.54, 1.807) is 36.4 Å². The molecular formula is C36H36N8O4+2. The Balaban J connectivity index is 1.17. The van der Waals surface area contributed by atoms with Crippen LogP contribution in [0.5, 0.6) is 0 Å². The monoisotopic (exact) mass is 644 g/mol. The first kappa shape index (κ1) is 32.8. The van der Waals surface area contributed by atoms with Crippen LogP contribution in [0.4, 0.5) is 34.1 Å². The van der Waals surface area contributed by atoms with E-state index in [0.717, 1.165) is 13.1 Å². The molecule has 5 aromatic rings. The van der Waals surface area contributed by atoms with Gasteiger partial charge in [0.2, 0.25) is 0 Å². The number of aryl methyl sites for hydroxylation is 2. The second kappa shape index (κ2) is 14.7. The summed E-state index contributed by atoms with van der Waals surface area (Å²) in [5, 5.41) is 11.2. The standard InChI is InChI=1S/C36H34N8O4/c1-3-43-17-5-7-27(21-43)39-35(47)25-13-15-31(29(37)19-25)41-33(45)23-9-11-24(12-10-23)34(46)42-32-16-14-26(20-30(32)38)36(48)40-28-8-6-18-44(4-2)22-28/h5-22H,3-4H2,1-2H3,(H6-2,37,38,39,40,41,42,45,46,47,48)/p+2. The van der Waals surface area contributed by atoms with Crippen molar-refractivity contribution in [2.75, 3.05) is 32.7 Å². The van der Waals surface area contributed by atoms with Gasteiger partial charge in [0, 0.05) is 34.4 Å². The number of aromatic nitrogens is 2. The Labute approximate surface area is 277 Å². The van der Waals surface area contributed by atoms with E-state index >= 15 is 0 Å². The van der Waals surface area contributed by atoms with Gasteiger partial charge < -0.3 is 32.7 Å². The van der Waals surface area contributed by atoms with Gasteiger partial charge in [0.25, 0.3) is 23.6 Å². The van der Waals surface area contributed by atoms with Crippen molar-refractivity contribution in [2.24, 2.45) is 0 Å². The molecule has 0 atom stereocenters. The van der Waals surface area contributed by atoms with Gasteiger partial charge in [-0.3, -0.25) is 19.2 Å². The Morgan fingerprint density at radius 1 is 0.521 bits per heavy atom. The van der Waals surface area contributed by atoms with Crippen LogP contribution in [0.25, 0.3) is 0 Å². The lowest BCUT2D eigenvalue weighted by Gasteiger charge is -2.12. The summed E-state index contributed by atoms with van der Waals surface area (Å²) in [6.45, 7) is 5.53. The van der Waals surface area contributed by atoms with Crippen LogP contribution in [0.1, 0.15) is 55.3 Å². The molecule has 0 fully saturated rings. The normalized spacial score (nSPS) is 10.5. The summed E-state index contributed by atoms with van der Waals surface area (Å²) >= 11 is 0. The number of nitrogens with two attached hydrogens (primary N) is 2. The number of hydrogen-bond acceptors (Lipinski definition) is 6. The molecule has 0 aliphatic rings. The average Bonchev–Trinajstić information content (AvgIpc) is 3.10. The maximum atomic E-state index is 12.9. The van der Waals surface area contributed by atoms with E-state index in [1.165, 1.54) is 36.4 Å². The van der Waals surface area contributed by atoms with Crippen LogP contribution in [0.2, 0.25) is 0 Å². The van der Waals surface area contributed by atoms with Gasteiger partial charge in [-0.05, 0) is 86.6 Å². The molecule has 2 heterocycles. The molecule has 0 unspecified atom stereocenters. The third-order valence-electron chi connectivity index (χ3n) is 7.50. The molecule has 2 aromatic heterocycles. The first-order valence-electron chi connectivity index (χ1n) is 15.3. The van der Waals surface area contributed by atoms with Crippen LogP contribution in [-0.2, 0) is 13.1 Å². The Kier molecular flexibility index (Phi) is 10.0. The third kappa shape index (κ3) is 7.98. The van der Waals surface area contributed by atoms with Gasteiger partial charge in [0.15, 0.2) is 24.8 Å². The van der Waals surface area contributed by atoms with Crippen LogP contribution >= 0.6 is 0 Å². The van der Waals surface area contributed by atoms with Gasteiger partial charge in [-0.1, -0.05) is 0 Å². The highest BCUT2D eigenvalue weighted by atomic mass is 16.2. The fourth-order valence-electron chi connectivity index (χ4n) is 4.79. The minimum absolute atomic E-state index is 0.217. The average molecular weight is 645 g/mol. The van der Waals surface area contributed by atoms with Crippen molar-refractivity contribution in [1.29, 1.82) is 0 Å². The van der Waals surface area contributed by atoms with E-state index in [1.807, 2.05) is 59.9 Å². The zero-order chi connectivity index (χ0) is 34.2. The molecule has 0 saturated carbocycles. The minimum atomic E-state index is -0.447. The number of nitrogens with one attached hydrogen (secondary N) is 4. The number of nitrogens with zero attached hydrogens (tertiary/aromatic N) is 2. The molecule has 242 valence electrons. The van der Waals surface area contributed by atoms with Crippen LogP contribution < -0.4 is 41.9 Å². The minimum Gasteiger partial charge on any atom is -0.397 e. The van der Waals surface area contributed by atoms with Gasteiger partial charge in [-0.25, -0.2) is 9.13 Å². The number of carbonyl (C=O) groups is 4. The van der Waals surface area contributed by atoms with Crippen LogP contribution in [0.15, 0.2) is 110 Å². The molecule has 5 rings (SSSR count). The third-order valence-corrected chi connectivity index (χ3v) is 7.50. The molecule has 48 heavy (non-hydrogen) atoms. The summed E-state index contributed by atoms with van der Waals surface area (Å²) in [6, 6.07) is 22.5. The first-order chi connectivity index (χ1) is 23.1. The quantitative estimate of drug-likeness (QED) is 0.0965. The summed E-state index contributed by atoms with van der Waals surface area (Å²) in [4.78, 5) is 51.4. The number of carbonyl (C=O) groups excluding carboxylic acids is 4. The Bertz CT molecular complexity index is 1870. The lowest BCUT2D eigenvalue weighted by molar-refractivity contribution is -0.693. The van der Waals surface area contributed by atoms with Crippen molar-refractivity contribution < 1.29 is 28.3 Å². The highest BCUT2D eigenvalue weighted by molar-refractivity contribution is 6.10. The number of anilines is 6. The fraction of sp³-hybridized carbons (Fsp3) is 0.111.